The normalized spacial score (nSPS) is 37.2. The maximum atomic E-state index is 12.8. The van der Waals surface area contributed by atoms with Crippen molar-refractivity contribution in [2.75, 3.05) is 6.61 Å². The molecule has 0 amide bonds. The molecule has 0 aromatic heterocycles. The molecular formula is C19H38BNO3Si. The van der Waals surface area contributed by atoms with Crippen molar-refractivity contribution in [3.8, 4) is 0 Å². The van der Waals surface area contributed by atoms with E-state index in [1.807, 2.05) is 0 Å². The van der Waals surface area contributed by atoms with Crippen LogP contribution in [-0.2, 0) is 13.9 Å². The van der Waals surface area contributed by atoms with Gasteiger partial charge in [-0.1, -0.05) is 77.9 Å². The molecule has 0 aromatic rings. The number of hydrogen-bond acceptors (Lipinski definition) is 3. The Labute approximate surface area is 154 Å². The van der Waals surface area contributed by atoms with Crippen LogP contribution in [0.15, 0.2) is 0 Å². The topological polar surface area (TPSA) is 52.1 Å². The van der Waals surface area contributed by atoms with Crippen molar-refractivity contribution in [3.63, 3.8) is 0 Å². The van der Waals surface area contributed by atoms with Gasteiger partial charge in [0.25, 0.3) is 0 Å². The Hall–Kier alpha value is -0.328. The molecule has 3 rings (SSSR count). The van der Waals surface area contributed by atoms with E-state index in [2.05, 4.69) is 46.0 Å². The molecule has 6 heteroatoms. The summed E-state index contributed by atoms with van der Waals surface area (Å²) in [4.78, 5) is 12.8. The van der Waals surface area contributed by atoms with Crippen molar-refractivity contribution in [3.05, 3.63) is 0 Å². The van der Waals surface area contributed by atoms with E-state index in [1.165, 1.54) is 38.5 Å². The predicted molar refractivity (Wildman–Crippen MR) is 105 cm³/mol. The average Bonchev–Trinajstić information content (AvgIpc) is 2.81. The van der Waals surface area contributed by atoms with Gasteiger partial charge in [-0.3, -0.25) is 4.79 Å². The summed E-state index contributed by atoms with van der Waals surface area (Å²) in [7, 11) is -1.77. The molecule has 3 saturated heterocycles. The Morgan fingerprint density at radius 1 is 1.20 bits per heavy atom. The molecular weight excluding hydrogens is 329 g/mol. The summed E-state index contributed by atoms with van der Waals surface area (Å²) in [5, 5.41) is 2.59. The maximum absolute atomic E-state index is 12.8. The fourth-order valence-corrected chi connectivity index (χ4v) is 6.42. The highest BCUT2D eigenvalue weighted by Crippen LogP contribution is 2.51. The van der Waals surface area contributed by atoms with Crippen LogP contribution in [0.4, 0.5) is 0 Å². The van der Waals surface area contributed by atoms with Gasteiger partial charge < -0.3 is 14.3 Å². The van der Waals surface area contributed by atoms with E-state index in [0.717, 1.165) is 0 Å². The van der Waals surface area contributed by atoms with E-state index >= 15 is 0 Å². The summed E-state index contributed by atoms with van der Waals surface area (Å²) >= 11 is 0. The van der Waals surface area contributed by atoms with Crippen LogP contribution in [0, 0.1) is 5.92 Å². The molecule has 3 heterocycles. The molecule has 0 aliphatic carbocycles. The highest BCUT2D eigenvalue weighted by molar-refractivity contribution is 6.74. The van der Waals surface area contributed by atoms with Gasteiger partial charge in [-0.25, -0.2) is 0 Å². The van der Waals surface area contributed by atoms with Crippen LogP contribution < -0.4 is 5.23 Å². The maximum Gasteiger partial charge on any atom is 0.389 e. The Morgan fingerprint density at radius 2 is 1.72 bits per heavy atom. The third-order valence-corrected chi connectivity index (χ3v) is 12.5. The summed E-state index contributed by atoms with van der Waals surface area (Å²) in [6.45, 7) is 13.2. The smallest absolute Gasteiger partial charge is 0.389 e. The summed E-state index contributed by atoms with van der Waals surface area (Å²) in [6.07, 6.45) is 7.64. The molecule has 0 radical (unpaired) electrons. The van der Waals surface area contributed by atoms with Gasteiger partial charge in [0.1, 0.15) is 6.04 Å². The van der Waals surface area contributed by atoms with Gasteiger partial charge >= 0.3 is 12.5 Å². The number of quaternary nitrogens is 1. The van der Waals surface area contributed by atoms with E-state index in [9.17, 15) is 4.79 Å². The first-order chi connectivity index (χ1) is 11.6. The lowest BCUT2D eigenvalue weighted by Gasteiger charge is -2.50. The molecule has 0 saturated carbocycles. The van der Waals surface area contributed by atoms with Crippen LogP contribution >= 0.6 is 0 Å². The van der Waals surface area contributed by atoms with Crippen LogP contribution in [0.25, 0.3) is 0 Å². The number of hydrogen-bond donors (Lipinski definition) is 1. The lowest BCUT2D eigenvalue weighted by Crippen LogP contribution is -3.04. The third kappa shape index (κ3) is 3.46. The van der Waals surface area contributed by atoms with Crippen molar-refractivity contribution in [1.29, 1.82) is 0 Å². The second kappa shape index (κ2) is 6.68. The molecule has 2 bridgehead atoms. The minimum Gasteiger partial charge on any atom is -0.634 e. The van der Waals surface area contributed by atoms with E-state index in [4.69, 9.17) is 9.08 Å². The van der Waals surface area contributed by atoms with Crippen molar-refractivity contribution in [2.24, 2.45) is 5.92 Å². The van der Waals surface area contributed by atoms with Crippen molar-refractivity contribution in [1.82, 2.24) is 0 Å². The first-order valence-electron chi connectivity index (χ1n) is 10.5. The zero-order valence-electron chi connectivity index (χ0n) is 17.1. The Kier molecular flexibility index (Phi) is 5.19. The monoisotopic (exact) mass is 367 g/mol. The Morgan fingerprint density at radius 3 is 2.20 bits per heavy atom. The molecule has 3 aliphatic rings. The minimum absolute atomic E-state index is 0.0325. The molecule has 2 N–H and O–H groups in total. The van der Waals surface area contributed by atoms with Crippen LogP contribution in [0.2, 0.25) is 29.8 Å². The van der Waals surface area contributed by atoms with Crippen LogP contribution in [0.1, 0.15) is 66.2 Å². The van der Waals surface area contributed by atoms with Gasteiger partial charge in [-0.05, 0) is 18.1 Å². The van der Waals surface area contributed by atoms with Crippen LogP contribution in [0.5, 0.6) is 0 Å². The summed E-state index contributed by atoms with van der Waals surface area (Å²) in [6, 6.07) is -0.0639. The average molecular weight is 367 g/mol. The lowest BCUT2D eigenvalue weighted by molar-refractivity contribution is -0.567. The lowest BCUT2D eigenvalue weighted by atomic mass is 9.28. The fourth-order valence-electron chi connectivity index (χ4n) is 5.31. The van der Waals surface area contributed by atoms with Crippen molar-refractivity contribution >= 4 is 20.8 Å². The standard InChI is InChI=1S/C19H38BNO3Si/c1-14(13-23-25(5,6)19(2,3)4)17-18(22)24-20(21-17)15-9-7-10-16(20)12-8-11-15/h14-17H,7-13,21H2,1-6H3/t14-,15?,16?,17-,20?/m1/s1. The highest BCUT2D eigenvalue weighted by atomic mass is 28.4. The Bertz CT molecular complexity index is 497. The quantitative estimate of drug-likeness (QED) is 0.771. The van der Waals surface area contributed by atoms with Crippen LogP contribution in [-0.4, -0.2) is 33.4 Å². The highest BCUT2D eigenvalue weighted by Gasteiger charge is 2.60. The molecule has 0 unspecified atom stereocenters. The van der Waals surface area contributed by atoms with E-state index in [-0.39, 0.29) is 23.0 Å². The number of carbonyl (C=O) groups excluding carboxylic acids is 1. The van der Waals surface area contributed by atoms with Crippen molar-refractivity contribution in [2.45, 2.75) is 102 Å². The van der Waals surface area contributed by atoms with Gasteiger partial charge in [0.05, 0.1) is 0 Å². The molecule has 25 heavy (non-hydrogen) atoms. The largest absolute Gasteiger partial charge is 0.634 e. The number of rotatable bonds is 4. The number of carbonyl (C=O) groups is 1. The molecule has 3 aliphatic heterocycles. The van der Waals surface area contributed by atoms with Gasteiger partial charge in [-0.2, -0.15) is 0 Å². The SMILES string of the molecule is C[C@H](CO[Si](C)(C)C(C)(C)C)[C@H]1[NH2+][B-]2(OC1=O)C1CCCC2CCC1. The minimum atomic E-state index is -1.77. The molecule has 4 nitrogen and oxygen atoms in total. The molecule has 0 aromatic carbocycles. The second-order valence-corrected chi connectivity index (χ2v) is 15.4. The van der Waals surface area contributed by atoms with E-state index < -0.39 is 14.8 Å². The summed E-state index contributed by atoms with van der Waals surface area (Å²) in [5.41, 5.74) is 0. The summed E-state index contributed by atoms with van der Waals surface area (Å²) in [5.74, 6) is 1.49. The fraction of sp³-hybridized carbons (Fsp3) is 0.947. The van der Waals surface area contributed by atoms with Crippen molar-refractivity contribution < 1.29 is 19.1 Å². The van der Waals surface area contributed by atoms with Gasteiger partial charge in [-0.15, -0.1) is 0 Å². The van der Waals surface area contributed by atoms with E-state index in [0.29, 0.717) is 18.2 Å². The molecule has 1 spiro atoms. The summed E-state index contributed by atoms with van der Waals surface area (Å²) < 4.78 is 12.6. The zero-order valence-corrected chi connectivity index (χ0v) is 18.1. The zero-order chi connectivity index (χ0) is 18.5. The first-order valence-corrected chi connectivity index (χ1v) is 13.4. The number of nitrogens with two attached hydrogens (primary N) is 1. The molecule has 3 fully saturated rings. The van der Waals surface area contributed by atoms with E-state index in [1.54, 1.807) is 0 Å². The third-order valence-electron chi connectivity index (χ3n) is 8.00. The molecule has 2 atom stereocenters. The van der Waals surface area contributed by atoms with Gasteiger partial charge in [0, 0.05) is 12.5 Å². The van der Waals surface area contributed by atoms with Gasteiger partial charge in [0.2, 0.25) is 0 Å². The Balaban J connectivity index is 1.67. The molecule has 144 valence electrons. The predicted octanol–water partition coefficient (Wildman–Crippen LogP) is 3.68. The van der Waals surface area contributed by atoms with Gasteiger partial charge in [0.15, 0.2) is 8.32 Å². The van der Waals surface area contributed by atoms with Crippen LogP contribution in [0.3, 0.4) is 0 Å². The first kappa shape index (κ1) is 19.4. The second-order valence-electron chi connectivity index (χ2n) is 10.6.